The van der Waals surface area contributed by atoms with Gasteiger partial charge in [-0.2, -0.15) is 0 Å². The van der Waals surface area contributed by atoms with Crippen molar-refractivity contribution in [1.29, 1.82) is 0 Å². The molecule has 1 heterocycles. The van der Waals surface area contributed by atoms with Gasteiger partial charge in [0.25, 0.3) is 0 Å². The van der Waals surface area contributed by atoms with Crippen LogP contribution in [-0.4, -0.2) is 39.1 Å². The van der Waals surface area contributed by atoms with Gasteiger partial charge in [-0.25, -0.2) is 4.79 Å². The van der Waals surface area contributed by atoms with Crippen LogP contribution in [0.25, 0.3) is 10.9 Å². The minimum Gasteiger partial charge on any atom is -0.481 e. The average molecular weight is 332 g/mol. The van der Waals surface area contributed by atoms with Crippen molar-refractivity contribution in [2.75, 3.05) is 0 Å². The lowest BCUT2D eigenvalue weighted by Gasteiger charge is -2.13. The van der Waals surface area contributed by atoms with Crippen molar-refractivity contribution in [1.82, 2.24) is 10.3 Å². The van der Waals surface area contributed by atoms with Crippen LogP contribution in [-0.2, 0) is 20.8 Å². The number of hydrogen-bond acceptors (Lipinski definition) is 3. The number of para-hydroxylation sites is 1. The van der Waals surface area contributed by atoms with E-state index in [1.165, 1.54) is 0 Å². The number of H-pyrrole nitrogens is 1. The SMILES string of the molecule is O=C(O)CC[C@H](NC(=O)CCCc1c[nH]c2ccccc12)C(=O)O. The Bertz CT molecular complexity index is 737. The zero-order valence-electron chi connectivity index (χ0n) is 13.1. The lowest BCUT2D eigenvalue weighted by molar-refractivity contribution is -0.143. The third-order valence-corrected chi connectivity index (χ3v) is 3.81. The van der Waals surface area contributed by atoms with E-state index in [0.29, 0.717) is 12.8 Å². The van der Waals surface area contributed by atoms with E-state index in [0.717, 1.165) is 16.5 Å². The molecule has 0 spiro atoms. The number of carbonyl (C=O) groups is 3. The van der Waals surface area contributed by atoms with E-state index in [9.17, 15) is 14.4 Å². The number of aliphatic carboxylic acids is 2. The molecule has 128 valence electrons. The standard InChI is InChI=1S/C17H20N2O5/c20-15(19-14(17(23)24)8-9-16(21)22)7-3-4-11-10-18-13-6-2-1-5-12(11)13/h1-2,5-6,10,14,18H,3-4,7-9H2,(H,19,20)(H,21,22)(H,23,24)/t14-/m0/s1. The van der Waals surface area contributed by atoms with E-state index in [-0.39, 0.29) is 25.2 Å². The fourth-order valence-electron chi connectivity index (χ4n) is 2.57. The van der Waals surface area contributed by atoms with Gasteiger partial charge < -0.3 is 20.5 Å². The second-order valence-corrected chi connectivity index (χ2v) is 5.60. The predicted octanol–water partition coefficient (Wildman–Crippen LogP) is 1.92. The molecular formula is C17H20N2O5. The highest BCUT2D eigenvalue weighted by Crippen LogP contribution is 2.19. The summed E-state index contributed by atoms with van der Waals surface area (Å²) in [5.74, 6) is -2.69. The second-order valence-electron chi connectivity index (χ2n) is 5.60. The van der Waals surface area contributed by atoms with Crippen molar-refractivity contribution in [2.24, 2.45) is 0 Å². The van der Waals surface area contributed by atoms with Crippen molar-refractivity contribution in [3.05, 3.63) is 36.0 Å². The molecule has 0 radical (unpaired) electrons. The number of amides is 1. The van der Waals surface area contributed by atoms with Gasteiger partial charge >= 0.3 is 11.9 Å². The highest BCUT2D eigenvalue weighted by atomic mass is 16.4. The number of aromatic nitrogens is 1. The number of fused-ring (bicyclic) bond motifs is 1. The number of carboxylic acids is 2. The molecule has 7 nitrogen and oxygen atoms in total. The highest BCUT2D eigenvalue weighted by molar-refractivity contribution is 5.84. The van der Waals surface area contributed by atoms with Crippen LogP contribution in [0.4, 0.5) is 0 Å². The van der Waals surface area contributed by atoms with E-state index >= 15 is 0 Å². The van der Waals surface area contributed by atoms with Crippen LogP contribution in [0.2, 0.25) is 0 Å². The molecule has 4 N–H and O–H groups in total. The molecule has 2 aromatic rings. The molecule has 1 amide bonds. The zero-order chi connectivity index (χ0) is 17.5. The number of benzene rings is 1. The van der Waals surface area contributed by atoms with Crippen molar-refractivity contribution in [3.63, 3.8) is 0 Å². The third-order valence-electron chi connectivity index (χ3n) is 3.81. The summed E-state index contributed by atoms with van der Waals surface area (Å²) in [5.41, 5.74) is 2.15. The Morgan fingerprint density at radius 1 is 1.12 bits per heavy atom. The predicted molar refractivity (Wildman–Crippen MR) is 87.7 cm³/mol. The van der Waals surface area contributed by atoms with Crippen molar-refractivity contribution >= 4 is 28.7 Å². The summed E-state index contributed by atoms with van der Waals surface area (Å²) in [4.78, 5) is 36.6. The monoisotopic (exact) mass is 332 g/mol. The molecular weight excluding hydrogens is 312 g/mol. The number of aromatic amines is 1. The van der Waals surface area contributed by atoms with E-state index < -0.39 is 18.0 Å². The molecule has 0 saturated carbocycles. The van der Waals surface area contributed by atoms with Gasteiger partial charge in [0.2, 0.25) is 5.91 Å². The molecule has 0 saturated heterocycles. The zero-order valence-corrected chi connectivity index (χ0v) is 13.1. The Morgan fingerprint density at radius 2 is 1.88 bits per heavy atom. The van der Waals surface area contributed by atoms with Crippen LogP contribution in [0.5, 0.6) is 0 Å². The second kappa shape index (κ2) is 8.14. The maximum Gasteiger partial charge on any atom is 0.326 e. The molecule has 0 aliphatic rings. The topological polar surface area (TPSA) is 119 Å². The molecule has 0 unspecified atom stereocenters. The fourth-order valence-corrected chi connectivity index (χ4v) is 2.57. The molecule has 2 rings (SSSR count). The Labute approximate surface area is 138 Å². The first kappa shape index (κ1) is 17.5. The quantitative estimate of drug-likeness (QED) is 0.559. The summed E-state index contributed by atoms with van der Waals surface area (Å²) in [5, 5.41) is 21.1. The summed E-state index contributed by atoms with van der Waals surface area (Å²) < 4.78 is 0. The maximum atomic E-state index is 11.9. The summed E-state index contributed by atoms with van der Waals surface area (Å²) in [7, 11) is 0. The van der Waals surface area contributed by atoms with Gasteiger partial charge in [0.15, 0.2) is 0 Å². The number of aryl methyl sites for hydroxylation is 1. The number of nitrogens with one attached hydrogen (secondary N) is 2. The Hall–Kier alpha value is -2.83. The van der Waals surface area contributed by atoms with E-state index in [4.69, 9.17) is 10.2 Å². The van der Waals surface area contributed by atoms with E-state index in [1.54, 1.807) is 0 Å². The molecule has 7 heteroatoms. The molecule has 1 aromatic heterocycles. The van der Waals surface area contributed by atoms with Gasteiger partial charge in [-0.05, 0) is 30.9 Å². The summed E-state index contributed by atoms with van der Waals surface area (Å²) in [6, 6.07) is 6.71. The Kier molecular flexibility index (Phi) is 5.95. The minimum absolute atomic E-state index is 0.126. The highest BCUT2D eigenvalue weighted by Gasteiger charge is 2.20. The largest absolute Gasteiger partial charge is 0.481 e. The smallest absolute Gasteiger partial charge is 0.326 e. The van der Waals surface area contributed by atoms with Crippen LogP contribution in [0.15, 0.2) is 30.5 Å². The normalized spacial score (nSPS) is 12.0. The number of hydrogen-bond donors (Lipinski definition) is 4. The van der Waals surface area contributed by atoms with Crippen LogP contribution >= 0.6 is 0 Å². The van der Waals surface area contributed by atoms with Crippen LogP contribution in [0.3, 0.4) is 0 Å². The van der Waals surface area contributed by atoms with Gasteiger partial charge in [-0.3, -0.25) is 9.59 Å². The average Bonchev–Trinajstić information content (AvgIpc) is 2.94. The van der Waals surface area contributed by atoms with Gasteiger partial charge in [0.1, 0.15) is 6.04 Å². The first-order valence-electron chi connectivity index (χ1n) is 7.76. The Morgan fingerprint density at radius 3 is 2.58 bits per heavy atom. The van der Waals surface area contributed by atoms with Gasteiger partial charge in [0.05, 0.1) is 0 Å². The van der Waals surface area contributed by atoms with Crippen LogP contribution in [0.1, 0.15) is 31.2 Å². The molecule has 0 aliphatic carbocycles. The number of carbonyl (C=O) groups excluding carboxylic acids is 1. The summed E-state index contributed by atoms with van der Waals surface area (Å²) in [6.45, 7) is 0. The Balaban J connectivity index is 1.81. The number of rotatable bonds is 9. The van der Waals surface area contributed by atoms with Crippen LogP contribution < -0.4 is 5.32 Å². The molecule has 0 bridgehead atoms. The summed E-state index contributed by atoms with van der Waals surface area (Å²) >= 11 is 0. The fraction of sp³-hybridized carbons (Fsp3) is 0.353. The maximum absolute atomic E-state index is 11.9. The molecule has 1 aromatic carbocycles. The first-order chi connectivity index (χ1) is 11.5. The summed E-state index contributed by atoms with van der Waals surface area (Å²) in [6.07, 6.45) is 2.96. The first-order valence-corrected chi connectivity index (χ1v) is 7.76. The van der Waals surface area contributed by atoms with E-state index in [2.05, 4.69) is 10.3 Å². The van der Waals surface area contributed by atoms with Gasteiger partial charge in [-0.1, -0.05) is 18.2 Å². The molecule has 1 atom stereocenters. The van der Waals surface area contributed by atoms with Crippen molar-refractivity contribution < 1.29 is 24.6 Å². The van der Waals surface area contributed by atoms with Crippen molar-refractivity contribution in [3.8, 4) is 0 Å². The van der Waals surface area contributed by atoms with Gasteiger partial charge in [-0.15, -0.1) is 0 Å². The molecule has 24 heavy (non-hydrogen) atoms. The van der Waals surface area contributed by atoms with Crippen LogP contribution in [0, 0.1) is 0 Å². The van der Waals surface area contributed by atoms with E-state index in [1.807, 2.05) is 30.5 Å². The minimum atomic E-state index is -1.22. The number of carboxylic acid groups (broad SMARTS) is 2. The lowest BCUT2D eigenvalue weighted by Crippen LogP contribution is -2.41. The lowest BCUT2D eigenvalue weighted by atomic mass is 10.1. The van der Waals surface area contributed by atoms with Gasteiger partial charge in [0, 0.05) is 29.9 Å². The third kappa shape index (κ3) is 4.84. The molecule has 0 fully saturated rings. The molecule has 0 aliphatic heterocycles. The van der Waals surface area contributed by atoms with Crippen molar-refractivity contribution in [2.45, 2.75) is 38.1 Å².